The third-order valence-corrected chi connectivity index (χ3v) is 6.81. The molecule has 9 heteroatoms. The van der Waals surface area contributed by atoms with Crippen LogP contribution in [0.3, 0.4) is 0 Å². The molecule has 0 spiro atoms. The highest BCUT2D eigenvalue weighted by molar-refractivity contribution is 5.82. The Morgan fingerprint density at radius 2 is 1.70 bits per heavy atom. The number of carbonyl (C=O) groups excluding carboxylic acids is 3. The fourth-order valence-electron chi connectivity index (χ4n) is 4.71. The summed E-state index contributed by atoms with van der Waals surface area (Å²) in [5.41, 5.74) is 1.51. The topological polar surface area (TPSA) is 109 Å². The number of alkyl carbamates (subject to hydrolysis) is 2. The van der Waals surface area contributed by atoms with Gasteiger partial charge in [-0.25, -0.2) is 9.59 Å². The molecule has 2 aromatic rings. The fraction of sp³-hybridized carbons (Fsp3) is 0.516. The van der Waals surface area contributed by atoms with Crippen LogP contribution in [0.15, 0.2) is 60.7 Å². The summed E-state index contributed by atoms with van der Waals surface area (Å²) in [7, 11) is 0. The average molecular weight is 553 g/mol. The first-order chi connectivity index (χ1) is 19.1. The number of benzene rings is 2. The first-order valence-corrected chi connectivity index (χ1v) is 14.2. The molecule has 3 rings (SSSR count). The minimum Gasteiger partial charge on any atom is -0.445 e. The van der Waals surface area contributed by atoms with Crippen molar-refractivity contribution in [1.82, 2.24) is 20.9 Å². The lowest BCUT2D eigenvalue weighted by atomic mass is 9.95. The van der Waals surface area contributed by atoms with Crippen LogP contribution in [0.4, 0.5) is 9.59 Å². The Kier molecular flexibility index (Phi) is 11.8. The molecule has 3 N–H and O–H groups in total. The lowest BCUT2D eigenvalue weighted by molar-refractivity contribution is -0.133. The van der Waals surface area contributed by atoms with Crippen LogP contribution in [0.5, 0.6) is 0 Å². The van der Waals surface area contributed by atoms with Gasteiger partial charge in [-0.2, -0.15) is 0 Å². The molecule has 1 saturated heterocycles. The predicted octanol–water partition coefficient (Wildman–Crippen LogP) is 4.58. The lowest BCUT2D eigenvalue weighted by Gasteiger charge is -2.28. The molecule has 0 saturated carbocycles. The summed E-state index contributed by atoms with van der Waals surface area (Å²) < 4.78 is 10.7. The number of nitrogens with one attached hydrogen (secondary N) is 3. The van der Waals surface area contributed by atoms with Crippen LogP contribution in [0, 0.1) is 0 Å². The van der Waals surface area contributed by atoms with Gasteiger partial charge in [0.05, 0.1) is 6.04 Å². The van der Waals surface area contributed by atoms with Gasteiger partial charge in [0, 0.05) is 38.1 Å². The third kappa shape index (κ3) is 10.5. The second kappa shape index (κ2) is 15.3. The summed E-state index contributed by atoms with van der Waals surface area (Å²) in [5, 5.41) is 9.02. The van der Waals surface area contributed by atoms with E-state index in [2.05, 4.69) is 35.0 Å². The Hall–Kier alpha value is -3.59. The Bertz CT molecular complexity index is 1070. The van der Waals surface area contributed by atoms with E-state index < -0.39 is 23.8 Å². The summed E-state index contributed by atoms with van der Waals surface area (Å²) in [6.07, 6.45) is 0.957. The molecule has 2 aromatic carbocycles. The molecular weight excluding hydrogens is 508 g/mol. The van der Waals surface area contributed by atoms with E-state index in [-0.39, 0.29) is 31.0 Å². The normalized spacial score (nSPS) is 18.4. The van der Waals surface area contributed by atoms with E-state index in [0.29, 0.717) is 32.5 Å². The molecule has 0 unspecified atom stereocenters. The summed E-state index contributed by atoms with van der Waals surface area (Å²) in [4.78, 5) is 40.1. The van der Waals surface area contributed by atoms with Gasteiger partial charge >= 0.3 is 12.2 Å². The fourth-order valence-corrected chi connectivity index (χ4v) is 4.71. The number of hydrogen-bond donors (Lipinski definition) is 3. The third-order valence-electron chi connectivity index (χ3n) is 6.81. The number of nitrogens with zero attached hydrogens (tertiary/aromatic N) is 1. The van der Waals surface area contributed by atoms with Gasteiger partial charge in [0.1, 0.15) is 12.2 Å². The van der Waals surface area contributed by atoms with Crippen molar-refractivity contribution in [2.45, 2.75) is 77.2 Å². The molecule has 0 aromatic heterocycles. The molecule has 9 nitrogen and oxygen atoms in total. The van der Waals surface area contributed by atoms with Crippen molar-refractivity contribution in [3.8, 4) is 0 Å². The van der Waals surface area contributed by atoms with E-state index in [1.165, 1.54) is 5.56 Å². The number of carbonyl (C=O) groups is 3. The number of hydrogen-bond acceptors (Lipinski definition) is 6. The smallest absolute Gasteiger partial charge is 0.407 e. The number of amides is 3. The van der Waals surface area contributed by atoms with Crippen molar-refractivity contribution >= 4 is 18.1 Å². The molecule has 3 atom stereocenters. The van der Waals surface area contributed by atoms with Gasteiger partial charge < -0.3 is 30.3 Å². The molecule has 1 fully saturated rings. The Labute approximate surface area is 238 Å². The van der Waals surface area contributed by atoms with E-state index in [1.54, 1.807) is 20.8 Å². The van der Waals surface area contributed by atoms with Crippen molar-refractivity contribution in [2.24, 2.45) is 0 Å². The summed E-state index contributed by atoms with van der Waals surface area (Å²) in [5.74, 6) is 0.211. The monoisotopic (exact) mass is 552 g/mol. The van der Waals surface area contributed by atoms with Crippen molar-refractivity contribution in [1.29, 1.82) is 0 Å². The largest absolute Gasteiger partial charge is 0.445 e. The van der Waals surface area contributed by atoms with Gasteiger partial charge in [0.25, 0.3) is 0 Å². The van der Waals surface area contributed by atoms with E-state index >= 15 is 0 Å². The van der Waals surface area contributed by atoms with E-state index in [1.807, 2.05) is 53.4 Å². The van der Waals surface area contributed by atoms with Gasteiger partial charge in [-0.05, 0) is 51.2 Å². The highest BCUT2D eigenvalue weighted by Gasteiger charge is 2.32. The summed E-state index contributed by atoms with van der Waals surface area (Å²) >= 11 is 0. The summed E-state index contributed by atoms with van der Waals surface area (Å²) in [6.45, 7) is 9.51. The van der Waals surface area contributed by atoms with Crippen molar-refractivity contribution in [3.05, 3.63) is 71.8 Å². The second-order valence-corrected chi connectivity index (χ2v) is 11.2. The van der Waals surface area contributed by atoms with Crippen LogP contribution in [-0.2, 0) is 20.9 Å². The minimum atomic E-state index is -0.601. The Morgan fingerprint density at radius 3 is 2.35 bits per heavy atom. The quantitative estimate of drug-likeness (QED) is 0.377. The SMILES string of the molecule is CC[C@H](CN1CC[C@@H](CNC(=O)OCc2ccccc2)N[C@@H](CCNC(=O)OC(C)(C)C)C1=O)c1ccccc1. The van der Waals surface area contributed by atoms with E-state index in [9.17, 15) is 14.4 Å². The van der Waals surface area contributed by atoms with Gasteiger partial charge in [0.2, 0.25) is 5.91 Å². The van der Waals surface area contributed by atoms with Gasteiger partial charge in [-0.1, -0.05) is 67.6 Å². The van der Waals surface area contributed by atoms with Crippen LogP contribution < -0.4 is 16.0 Å². The molecule has 1 aliphatic rings. The first kappa shape index (κ1) is 30.9. The number of rotatable bonds is 11. The maximum Gasteiger partial charge on any atom is 0.407 e. The first-order valence-electron chi connectivity index (χ1n) is 14.2. The second-order valence-electron chi connectivity index (χ2n) is 11.2. The molecule has 0 aliphatic carbocycles. The molecule has 218 valence electrons. The van der Waals surface area contributed by atoms with Crippen LogP contribution in [-0.4, -0.2) is 66.9 Å². The highest BCUT2D eigenvalue weighted by atomic mass is 16.6. The molecule has 1 aliphatic heterocycles. The van der Waals surface area contributed by atoms with Crippen LogP contribution in [0.25, 0.3) is 0 Å². The lowest BCUT2D eigenvalue weighted by Crippen LogP contribution is -2.50. The molecule has 3 amide bonds. The average Bonchev–Trinajstić information content (AvgIpc) is 3.07. The summed E-state index contributed by atoms with van der Waals surface area (Å²) in [6, 6.07) is 19.1. The molecule has 1 heterocycles. The maximum absolute atomic E-state index is 13.7. The predicted molar refractivity (Wildman–Crippen MR) is 155 cm³/mol. The Morgan fingerprint density at radius 1 is 1.02 bits per heavy atom. The molecule has 40 heavy (non-hydrogen) atoms. The van der Waals surface area contributed by atoms with Crippen molar-refractivity contribution < 1.29 is 23.9 Å². The van der Waals surface area contributed by atoms with Crippen LogP contribution in [0.1, 0.15) is 64.0 Å². The van der Waals surface area contributed by atoms with Gasteiger partial charge in [-0.15, -0.1) is 0 Å². The zero-order chi connectivity index (χ0) is 29.0. The van der Waals surface area contributed by atoms with Gasteiger partial charge in [0.15, 0.2) is 0 Å². The van der Waals surface area contributed by atoms with E-state index in [0.717, 1.165) is 12.0 Å². The van der Waals surface area contributed by atoms with Gasteiger partial charge in [-0.3, -0.25) is 4.79 Å². The minimum absolute atomic E-state index is 0.00507. The van der Waals surface area contributed by atoms with Crippen molar-refractivity contribution in [3.63, 3.8) is 0 Å². The van der Waals surface area contributed by atoms with Crippen LogP contribution >= 0.6 is 0 Å². The Balaban J connectivity index is 1.62. The van der Waals surface area contributed by atoms with Crippen molar-refractivity contribution in [2.75, 3.05) is 26.2 Å². The molecule has 0 radical (unpaired) electrons. The van der Waals surface area contributed by atoms with Crippen LogP contribution in [0.2, 0.25) is 0 Å². The molecular formula is C31H44N4O5. The maximum atomic E-state index is 13.7. The number of ether oxygens (including phenoxy) is 2. The zero-order valence-electron chi connectivity index (χ0n) is 24.2. The standard InChI is InChI=1S/C31H44N4O5/c1-5-24(25-14-10-7-11-15-25)21-35-19-17-26(20-33-29(37)39-22-23-12-8-6-9-13-23)34-27(28(35)36)16-18-32-30(38)40-31(2,3)4/h6-15,24,26-27,34H,5,16-22H2,1-4H3,(H,32,38)(H,33,37)/t24-,26+,27+/m1/s1. The molecule has 0 bridgehead atoms. The van der Waals surface area contributed by atoms with E-state index in [4.69, 9.17) is 9.47 Å². The zero-order valence-corrected chi connectivity index (χ0v) is 24.2. The highest BCUT2D eigenvalue weighted by Crippen LogP contribution is 2.22.